The summed E-state index contributed by atoms with van der Waals surface area (Å²) in [6, 6.07) is 8.04. The van der Waals surface area contributed by atoms with Crippen LogP contribution in [0.5, 0.6) is 0 Å². The Morgan fingerprint density at radius 1 is 1.19 bits per heavy atom. The highest BCUT2D eigenvalue weighted by atomic mass is 32.2. The summed E-state index contributed by atoms with van der Waals surface area (Å²) in [6.07, 6.45) is -1.25. The topological polar surface area (TPSA) is 71.1 Å². The van der Waals surface area contributed by atoms with E-state index in [2.05, 4.69) is 6.07 Å². The third-order valence-electron chi connectivity index (χ3n) is 4.33. The fourth-order valence-electron chi connectivity index (χ4n) is 3.16. The molecule has 27 heavy (non-hydrogen) atoms. The molecule has 1 fully saturated rings. The van der Waals surface area contributed by atoms with E-state index in [1.54, 1.807) is 0 Å². The Hall–Kier alpha value is -1.57. The van der Waals surface area contributed by atoms with Gasteiger partial charge in [0.05, 0.1) is 6.10 Å². The smallest absolute Gasteiger partial charge is 0.303 e. The SMILES string of the molecule is CCO[C@H]1C(COC(C)=O)O[C@H](Sc2cccc(C)c2)C(OC(C)=O)C1C. The summed E-state index contributed by atoms with van der Waals surface area (Å²) in [4.78, 5) is 24.0. The van der Waals surface area contributed by atoms with Crippen LogP contribution in [0, 0.1) is 12.8 Å². The summed E-state index contributed by atoms with van der Waals surface area (Å²) in [6.45, 7) is 9.22. The monoisotopic (exact) mass is 396 g/mol. The Morgan fingerprint density at radius 3 is 2.52 bits per heavy atom. The van der Waals surface area contributed by atoms with Crippen molar-refractivity contribution in [3.05, 3.63) is 29.8 Å². The van der Waals surface area contributed by atoms with Crippen LogP contribution in [0.15, 0.2) is 29.2 Å². The first-order chi connectivity index (χ1) is 12.8. The van der Waals surface area contributed by atoms with E-state index in [9.17, 15) is 9.59 Å². The van der Waals surface area contributed by atoms with Crippen molar-refractivity contribution in [3.63, 3.8) is 0 Å². The van der Waals surface area contributed by atoms with Crippen LogP contribution < -0.4 is 0 Å². The molecule has 1 saturated heterocycles. The van der Waals surface area contributed by atoms with Crippen molar-refractivity contribution in [2.45, 2.75) is 63.3 Å². The summed E-state index contributed by atoms with van der Waals surface area (Å²) in [5.74, 6) is -0.851. The maximum atomic E-state index is 11.7. The number of esters is 2. The minimum Gasteiger partial charge on any atom is -0.463 e. The van der Waals surface area contributed by atoms with Gasteiger partial charge in [0.2, 0.25) is 0 Å². The van der Waals surface area contributed by atoms with Gasteiger partial charge in [0.25, 0.3) is 0 Å². The zero-order chi connectivity index (χ0) is 20.0. The Labute approximate surface area is 164 Å². The Bertz CT molecular complexity index is 647. The van der Waals surface area contributed by atoms with Gasteiger partial charge in [-0.3, -0.25) is 9.59 Å². The molecule has 0 aliphatic carbocycles. The number of aryl methyl sites for hydroxylation is 1. The van der Waals surface area contributed by atoms with E-state index in [4.69, 9.17) is 18.9 Å². The lowest BCUT2D eigenvalue weighted by atomic mass is 9.91. The maximum Gasteiger partial charge on any atom is 0.303 e. The van der Waals surface area contributed by atoms with E-state index in [1.807, 2.05) is 39.0 Å². The number of carbonyl (C=O) groups excluding carboxylic acids is 2. The minimum atomic E-state index is -0.474. The molecule has 7 heteroatoms. The molecule has 3 unspecified atom stereocenters. The van der Waals surface area contributed by atoms with Crippen molar-refractivity contribution < 1.29 is 28.5 Å². The average molecular weight is 397 g/mol. The normalized spacial score (nSPS) is 27.8. The van der Waals surface area contributed by atoms with E-state index >= 15 is 0 Å². The van der Waals surface area contributed by atoms with Crippen LogP contribution in [-0.4, -0.2) is 48.9 Å². The largest absolute Gasteiger partial charge is 0.463 e. The number of benzene rings is 1. The quantitative estimate of drug-likeness (QED) is 0.655. The number of ether oxygens (including phenoxy) is 4. The van der Waals surface area contributed by atoms with Crippen molar-refractivity contribution in [1.29, 1.82) is 0 Å². The molecule has 0 saturated carbocycles. The van der Waals surface area contributed by atoms with E-state index in [0.29, 0.717) is 6.61 Å². The van der Waals surface area contributed by atoms with Crippen molar-refractivity contribution in [2.75, 3.05) is 13.2 Å². The molecule has 5 atom stereocenters. The molecule has 0 bridgehead atoms. The summed E-state index contributed by atoms with van der Waals surface area (Å²) in [5, 5.41) is 0. The van der Waals surface area contributed by atoms with E-state index in [-0.39, 0.29) is 30.6 Å². The molecule has 1 aliphatic heterocycles. The predicted octanol–water partition coefficient (Wildman–Crippen LogP) is 3.35. The van der Waals surface area contributed by atoms with Crippen LogP contribution in [0.3, 0.4) is 0 Å². The second kappa shape index (κ2) is 10.1. The molecule has 0 N–H and O–H groups in total. The van der Waals surface area contributed by atoms with Crippen LogP contribution in [0.25, 0.3) is 0 Å². The molecular weight excluding hydrogens is 368 g/mol. The first-order valence-electron chi connectivity index (χ1n) is 9.12. The van der Waals surface area contributed by atoms with Gasteiger partial charge < -0.3 is 18.9 Å². The Balaban J connectivity index is 2.25. The van der Waals surface area contributed by atoms with Crippen molar-refractivity contribution in [1.82, 2.24) is 0 Å². The maximum absolute atomic E-state index is 11.7. The molecule has 1 aromatic rings. The average Bonchev–Trinajstić information content (AvgIpc) is 2.59. The molecule has 150 valence electrons. The molecule has 0 aromatic heterocycles. The molecule has 1 aliphatic rings. The molecular formula is C20H28O6S. The van der Waals surface area contributed by atoms with Crippen LogP contribution in [-0.2, 0) is 28.5 Å². The second-order valence-corrected chi connectivity index (χ2v) is 7.80. The molecule has 6 nitrogen and oxygen atoms in total. The van der Waals surface area contributed by atoms with Crippen LogP contribution >= 0.6 is 11.8 Å². The van der Waals surface area contributed by atoms with Gasteiger partial charge in [0, 0.05) is 31.3 Å². The van der Waals surface area contributed by atoms with Crippen LogP contribution in [0.2, 0.25) is 0 Å². The fourth-order valence-corrected chi connectivity index (χ4v) is 4.47. The lowest BCUT2D eigenvalue weighted by molar-refractivity contribution is -0.211. The highest BCUT2D eigenvalue weighted by Crippen LogP contribution is 2.38. The number of hydrogen-bond donors (Lipinski definition) is 0. The summed E-state index contributed by atoms with van der Waals surface area (Å²) in [7, 11) is 0. The van der Waals surface area contributed by atoms with Gasteiger partial charge in [-0.1, -0.05) is 36.4 Å². The Morgan fingerprint density at radius 2 is 1.93 bits per heavy atom. The van der Waals surface area contributed by atoms with E-state index in [0.717, 1.165) is 10.5 Å². The van der Waals surface area contributed by atoms with Gasteiger partial charge in [-0.05, 0) is 26.0 Å². The third-order valence-corrected chi connectivity index (χ3v) is 5.47. The molecule has 1 aromatic carbocycles. The number of thioether (sulfide) groups is 1. The van der Waals surface area contributed by atoms with Gasteiger partial charge in [0.1, 0.15) is 24.3 Å². The highest BCUT2D eigenvalue weighted by molar-refractivity contribution is 7.99. The summed E-state index contributed by atoms with van der Waals surface area (Å²) < 4.78 is 22.8. The van der Waals surface area contributed by atoms with Crippen molar-refractivity contribution in [2.24, 2.45) is 5.92 Å². The van der Waals surface area contributed by atoms with E-state index < -0.39 is 17.6 Å². The molecule has 0 amide bonds. The number of rotatable bonds is 7. The van der Waals surface area contributed by atoms with Crippen LogP contribution in [0.1, 0.15) is 33.3 Å². The standard InChI is InChI=1S/C20H28O6S/c1-6-23-18-13(3)19(25-15(5)22)20(26-17(18)11-24-14(4)21)27-16-9-7-8-12(2)10-16/h7-10,13,17-20H,6,11H2,1-5H3/t13?,17?,18-,19?,20-/m1/s1. The summed E-state index contributed by atoms with van der Waals surface area (Å²) in [5.41, 5.74) is 0.708. The molecule has 0 spiro atoms. The van der Waals surface area contributed by atoms with Crippen molar-refractivity contribution >= 4 is 23.7 Å². The van der Waals surface area contributed by atoms with Crippen molar-refractivity contribution in [3.8, 4) is 0 Å². The molecule has 1 heterocycles. The zero-order valence-corrected chi connectivity index (χ0v) is 17.3. The van der Waals surface area contributed by atoms with Gasteiger partial charge in [-0.25, -0.2) is 0 Å². The minimum absolute atomic E-state index is 0.0992. The Kier molecular flexibility index (Phi) is 8.13. The first-order valence-corrected chi connectivity index (χ1v) is 10.0. The number of hydrogen-bond acceptors (Lipinski definition) is 7. The number of carbonyl (C=O) groups is 2. The van der Waals surface area contributed by atoms with E-state index in [1.165, 1.54) is 25.6 Å². The summed E-state index contributed by atoms with van der Waals surface area (Å²) >= 11 is 1.50. The third kappa shape index (κ3) is 6.23. The highest BCUT2D eigenvalue weighted by Gasteiger charge is 2.46. The lowest BCUT2D eigenvalue weighted by Gasteiger charge is -2.44. The van der Waals surface area contributed by atoms with Gasteiger partial charge in [-0.2, -0.15) is 0 Å². The molecule has 2 rings (SSSR count). The molecule has 0 radical (unpaired) electrons. The zero-order valence-electron chi connectivity index (χ0n) is 16.5. The van der Waals surface area contributed by atoms with Gasteiger partial charge in [0.15, 0.2) is 0 Å². The fraction of sp³-hybridized carbons (Fsp3) is 0.600. The second-order valence-electron chi connectivity index (χ2n) is 6.63. The van der Waals surface area contributed by atoms with Gasteiger partial charge in [-0.15, -0.1) is 0 Å². The first kappa shape index (κ1) is 21.7. The predicted molar refractivity (Wildman–Crippen MR) is 102 cm³/mol. The lowest BCUT2D eigenvalue weighted by Crippen LogP contribution is -2.55. The van der Waals surface area contributed by atoms with Gasteiger partial charge >= 0.3 is 11.9 Å². The van der Waals surface area contributed by atoms with Crippen LogP contribution in [0.4, 0.5) is 0 Å².